The Balaban J connectivity index is 2.50. The third-order valence-corrected chi connectivity index (χ3v) is 3.57. The zero-order valence-corrected chi connectivity index (χ0v) is 11.7. The van der Waals surface area contributed by atoms with E-state index in [2.05, 4.69) is 41.5 Å². The van der Waals surface area contributed by atoms with Gasteiger partial charge in [-0.3, -0.25) is 0 Å². The molecule has 0 aromatic heterocycles. The molecule has 0 aliphatic heterocycles. The zero-order chi connectivity index (χ0) is 11.7. The van der Waals surface area contributed by atoms with E-state index in [-0.39, 0.29) is 0 Å². The van der Waals surface area contributed by atoms with Crippen LogP contribution in [-0.2, 0) is 0 Å². The van der Waals surface area contributed by atoms with Crippen LogP contribution in [0.2, 0.25) is 0 Å². The van der Waals surface area contributed by atoms with Crippen LogP contribution in [0.4, 0.5) is 0 Å². The zero-order valence-electron chi connectivity index (χ0n) is 11.7. The lowest BCUT2D eigenvalue weighted by atomic mass is 9.74. The van der Waals surface area contributed by atoms with Gasteiger partial charge in [-0.15, -0.1) is 0 Å². The SMILES string of the molecule is CC(C)(C)C[C@H]1CCC[C@@H]1CC(C)(C)C. The summed E-state index contributed by atoms with van der Waals surface area (Å²) in [6, 6.07) is 0. The summed E-state index contributed by atoms with van der Waals surface area (Å²) in [5, 5.41) is 0. The molecule has 0 radical (unpaired) electrons. The van der Waals surface area contributed by atoms with Gasteiger partial charge in [-0.2, -0.15) is 0 Å². The highest BCUT2D eigenvalue weighted by atomic mass is 14.4. The van der Waals surface area contributed by atoms with Gasteiger partial charge in [0, 0.05) is 0 Å². The summed E-state index contributed by atoms with van der Waals surface area (Å²) in [6.45, 7) is 14.3. The topological polar surface area (TPSA) is 0 Å². The summed E-state index contributed by atoms with van der Waals surface area (Å²) in [5.41, 5.74) is 1.04. The normalized spacial score (nSPS) is 28.4. The van der Waals surface area contributed by atoms with E-state index in [1.54, 1.807) is 0 Å². The van der Waals surface area contributed by atoms with Gasteiger partial charge in [0.05, 0.1) is 0 Å². The number of hydrogen-bond donors (Lipinski definition) is 0. The summed E-state index contributed by atoms with van der Waals surface area (Å²) in [4.78, 5) is 0. The highest BCUT2D eigenvalue weighted by Crippen LogP contribution is 2.44. The van der Waals surface area contributed by atoms with Crippen molar-refractivity contribution >= 4 is 0 Å². The Kier molecular flexibility index (Phi) is 3.90. The Bertz CT molecular complexity index is 167. The van der Waals surface area contributed by atoms with Gasteiger partial charge in [0.25, 0.3) is 0 Å². The predicted octanol–water partition coefficient (Wildman–Crippen LogP) is 5.28. The molecular formula is C15H30. The molecule has 0 heteroatoms. The Labute approximate surface area is 96.8 Å². The molecule has 0 aromatic rings. The Morgan fingerprint density at radius 2 is 1.07 bits per heavy atom. The highest BCUT2D eigenvalue weighted by molar-refractivity contribution is 4.83. The van der Waals surface area contributed by atoms with Crippen LogP contribution in [0.1, 0.15) is 73.6 Å². The molecule has 0 bridgehead atoms. The molecule has 15 heavy (non-hydrogen) atoms. The second-order valence-electron chi connectivity index (χ2n) is 7.98. The summed E-state index contributed by atoms with van der Waals surface area (Å²) < 4.78 is 0. The first-order valence-corrected chi connectivity index (χ1v) is 6.67. The molecule has 1 saturated carbocycles. The van der Waals surface area contributed by atoms with Crippen molar-refractivity contribution in [3.63, 3.8) is 0 Å². The molecule has 0 saturated heterocycles. The lowest BCUT2D eigenvalue weighted by Crippen LogP contribution is -2.21. The van der Waals surface area contributed by atoms with E-state index in [4.69, 9.17) is 0 Å². The van der Waals surface area contributed by atoms with Crippen LogP contribution in [0.15, 0.2) is 0 Å². The minimum atomic E-state index is 0.519. The van der Waals surface area contributed by atoms with Gasteiger partial charge in [0.1, 0.15) is 0 Å². The quantitative estimate of drug-likeness (QED) is 0.582. The van der Waals surface area contributed by atoms with Gasteiger partial charge in [-0.25, -0.2) is 0 Å². The van der Waals surface area contributed by atoms with Crippen LogP contribution < -0.4 is 0 Å². The second-order valence-corrected chi connectivity index (χ2v) is 7.98. The molecule has 0 heterocycles. The maximum atomic E-state index is 2.39. The summed E-state index contributed by atoms with van der Waals surface area (Å²) in [6.07, 6.45) is 7.29. The number of rotatable bonds is 2. The molecule has 90 valence electrons. The third-order valence-electron chi connectivity index (χ3n) is 3.57. The van der Waals surface area contributed by atoms with Gasteiger partial charge in [-0.1, -0.05) is 60.8 Å². The molecular weight excluding hydrogens is 180 g/mol. The standard InChI is InChI=1S/C15H30/c1-14(2,3)10-12-8-7-9-13(12)11-15(4,5)6/h12-13H,7-11H2,1-6H3/t12-,13-/m1/s1. The average molecular weight is 210 g/mol. The first kappa shape index (κ1) is 13.1. The van der Waals surface area contributed by atoms with Crippen LogP contribution in [0, 0.1) is 22.7 Å². The summed E-state index contributed by atoms with van der Waals surface area (Å²) >= 11 is 0. The van der Waals surface area contributed by atoms with Crippen LogP contribution in [0.5, 0.6) is 0 Å². The van der Waals surface area contributed by atoms with Crippen molar-refractivity contribution in [3.05, 3.63) is 0 Å². The van der Waals surface area contributed by atoms with Crippen LogP contribution in [0.3, 0.4) is 0 Å². The van der Waals surface area contributed by atoms with E-state index in [9.17, 15) is 0 Å². The maximum Gasteiger partial charge on any atom is -0.0380 e. The van der Waals surface area contributed by atoms with Gasteiger partial charge in [-0.05, 0) is 35.5 Å². The minimum absolute atomic E-state index is 0.519. The molecule has 0 N–H and O–H groups in total. The van der Waals surface area contributed by atoms with E-state index in [0.29, 0.717) is 10.8 Å². The average Bonchev–Trinajstić information content (AvgIpc) is 2.29. The molecule has 0 spiro atoms. The Hall–Kier alpha value is 0. The molecule has 0 aromatic carbocycles. The van der Waals surface area contributed by atoms with E-state index in [0.717, 1.165) is 11.8 Å². The van der Waals surface area contributed by atoms with Gasteiger partial charge in [0.15, 0.2) is 0 Å². The first-order valence-electron chi connectivity index (χ1n) is 6.67. The largest absolute Gasteiger partial charge is 0.0602 e. The fourth-order valence-electron chi connectivity index (χ4n) is 3.22. The monoisotopic (exact) mass is 210 g/mol. The van der Waals surface area contributed by atoms with Gasteiger partial charge >= 0.3 is 0 Å². The summed E-state index contributed by atoms with van der Waals surface area (Å²) in [7, 11) is 0. The van der Waals surface area contributed by atoms with Crippen molar-refractivity contribution in [1.82, 2.24) is 0 Å². The molecule has 0 unspecified atom stereocenters. The van der Waals surface area contributed by atoms with E-state index >= 15 is 0 Å². The van der Waals surface area contributed by atoms with Crippen LogP contribution >= 0.6 is 0 Å². The van der Waals surface area contributed by atoms with Crippen molar-refractivity contribution < 1.29 is 0 Å². The van der Waals surface area contributed by atoms with Crippen LogP contribution in [-0.4, -0.2) is 0 Å². The van der Waals surface area contributed by atoms with Crippen molar-refractivity contribution in [1.29, 1.82) is 0 Å². The molecule has 1 rings (SSSR count). The highest BCUT2D eigenvalue weighted by Gasteiger charge is 2.32. The summed E-state index contributed by atoms with van der Waals surface area (Å²) in [5.74, 6) is 2.01. The molecule has 1 fully saturated rings. The number of hydrogen-bond acceptors (Lipinski definition) is 0. The van der Waals surface area contributed by atoms with E-state index < -0.39 is 0 Å². The minimum Gasteiger partial charge on any atom is -0.0602 e. The Morgan fingerprint density at radius 1 is 0.733 bits per heavy atom. The van der Waals surface area contributed by atoms with Crippen LogP contribution in [0.25, 0.3) is 0 Å². The lowest BCUT2D eigenvalue weighted by molar-refractivity contribution is 0.196. The Morgan fingerprint density at radius 3 is 1.33 bits per heavy atom. The fraction of sp³-hybridized carbons (Fsp3) is 1.00. The smallest absolute Gasteiger partial charge is 0.0380 e. The van der Waals surface area contributed by atoms with Crippen molar-refractivity contribution in [2.75, 3.05) is 0 Å². The maximum absolute atomic E-state index is 2.39. The van der Waals surface area contributed by atoms with Crippen molar-refractivity contribution in [3.8, 4) is 0 Å². The molecule has 1 aliphatic carbocycles. The van der Waals surface area contributed by atoms with E-state index in [1.807, 2.05) is 0 Å². The molecule has 0 nitrogen and oxygen atoms in total. The molecule has 2 atom stereocenters. The second kappa shape index (κ2) is 4.47. The van der Waals surface area contributed by atoms with E-state index in [1.165, 1.54) is 32.1 Å². The lowest BCUT2D eigenvalue weighted by Gasteiger charge is -2.31. The van der Waals surface area contributed by atoms with Gasteiger partial charge < -0.3 is 0 Å². The fourth-order valence-corrected chi connectivity index (χ4v) is 3.22. The predicted molar refractivity (Wildman–Crippen MR) is 69.0 cm³/mol. The van der Waals surface area contributed by atoms with Gasteiger partial charge in [0.2, 0.25) is 0 Å². The molecule has 0 amide bonds. The third kappa shape index (κ3) is 5.04. The molecule has 1 aliphatic rings. The van der Waals surface area contributed by atoms with Crippen molar-refractivity contribution in [2.24, 2.45) is 22.7 Å². The first-order chi connectivity index (χ1) is 6.67. The van der Waals surface area contributed by atoms with Crippen molar-refractivity contribution in [2.45, 2.75) is 73.6 Å².